The van der Waals surface area contributed by atoms with Crippen LogP contribution in [-0.4, -0.2) is 6.04 Å². The molecule has 1 saturated carbocycles. The Bertz CT molecular complexity index is 377. The third-order valence-corrected chi connectivity index (χ3v) is 4.45. The Labute approximate surface area is 116 Å². The zero-order valence-corrected chi connectivity index (χ0v) is 12.2. The molecule has 18 heavy (non-hydrogen) atoms. The van der Waals surface area contributed by atoms with Crippen LogP contribution in [0.2, 0.25) is 5.02 Å². The molecule has 0 amide bonds. The maximum atomic E-state index is 6.08. The average molecular weight is 266 g/mol. The number of benzene rings is 1. The Morgan fingerprint density at radius 3 is 2.78 bits per heavy atom. The van der Waals surface area contributed by atoms with Gasteiger partial charge in [-0.1, -0.05) is 44.0 Å². The van der Waals surface area contributed by atoms with E-state index in [4.69, 9.17) is 11.6 Å². The van der Waals surface area contributed by atoms with Gasteiger partial charge in [0.1, 0.15) is 0 Å². The number of nitrogens with one attached hydrogen (secondary N) is 1. The van der Waals surface area contributed by atoms with E-state index in [0.717, 1.165) is 17.4 Å². The SMILES string of the molecule is CCC1CCC(NC(CC)c2cccc(Cl)c2)C1. The summed E-state index contributed by atoms with van der Waals surface area (Å²) in [6.07, 6.45) is 6.50. The highest BCUT2D eigenvalue weighted by Gasteiger charge is 2.25. The summed E-state index contributed by atoms with van der Waals surface area (Å²) in [4.78, 5) is 0. The summed E-state index contributed by atoms with van der Waals surface area (Å²) in [7, 11) is 0. The van der Waals surface area contributed by atoms with Gasteiger partial charge < -0.3 is 5.32 Å². The Kier molecular flexibility index (Phi) is 5.08. The lowest BCUT2D eigenvalue weighted by Gasteiger charge is -2.22. The molecule has 2 rings (SSSR count). The van der Waals surface area contributed by atoms with E-state index in [-0.39, 0.29) is 0 Å². The molecule has 0 spiro atoms. The van der Waals surface area contributed by atoms with Crippen molar-refractivity contribution >= 4 is 11.6 Å². The van der Waals surface area contributed by atoms with E-state index in [1.807, 2.05) is 12.1 Å². The molecule has 3 unspecified atom stereocenters. The van der Waals surface area contributed by atoms with Crippen LogP contribution >= 0.6 is 11.6 Å². The van der Waals surface area contributed by atoms with Crippen molar-refractivity contribution in [2.24, 2.45) is 5.92 Å². The predicted octanol–water partition coefficient (Wildman–Crippen LogP) is 4.96. The molecular formula is C16H24ClN. The molecule has 1 nitrogen and oxygen atoms in total. The van der Waals surface area contributed by atoms with Crippen LogP contribution in [0.1, 0.15) is 57.6 Å². The fourth-order valence-corrected chi connectivity index (χ4v) is 3.25. The smallest absolute Gasteiger partial charge is 0.0409 e. The van der Waals surface area contributed by atoms with Crippen LogP contribution in [0.5, 0.6) is 0 Å². The normalized spacial score (nSPS) is 25.3. The molecule has 100 valence electrons. The van der Waals surface area contributed by atoms with Gasteiger partial charge in [0.15, 0.2) is 0 Å². The van der Waals surface area contributed by atoms with Crippen LogP contribution in [0.4, 0.5) is 0 Å². The van der Waals surface area contributed by atoms with E-state index in [2.05, 4.69) is 31.3 Å². The first-order valence-electron chi connectivity index (χ1n) is 7.24. The lowest BCUT2D eigenvalue weighted by Crippen LogP contribution is -2.30. The van der Waals surface area contributed by atoms with Crippen LogP contribution < -0.4 is 5.32 Å². The van der Waals surface area contributed by atoms with Gasteiger partial charge in [-0.25, -0.2) is 0 Å². The molecule has 1 aromatic rings. The van der Waals surface area contributed by atoms with Crippen molar-refractivity contribution in [1.82, 2.24) is 5.32 Å². The topological polar surface area (TPSA) is 12.0 Å². The molecule has 3 atom stereocenters. The molecule has 0 bridgehead atoms. The summed E-state index contributed by atoms with van der Waals surface area (Å²) in [5, 5.41) is 4.65. The number of hydrogen-bond acceptors (Lipinski definition) is 1. The molecular weight excluding hydrogens is 242 g/mol. The van der Waals surface area contributed by atoms with Crippen molar-refractivity contribution in [2.75, 3.05) is 0 Å². The molecule has 2 heteroatoms. The Hall–Kier alpha value is -0.530. The molecule has 0 saturated heterocycles. The minimum Gasteiger partial charge on any atom is -0.307 e. The van der Waals surface area contributed by atoms with Gasteiger partial charge in [-0.05, 0) is 49.3 Å². The van der Waals surface area contributed by atoms with Gasteiger partial charge in [-0.3, -0.25) is 0 Å². The third kappa shape index (κ3) is 3.49. The predicted molar refractivity (Wildman–Crippen MR) is 79.0 cm³/mol. The second kappa shape index (κ2) is 6.58. The van der Waals surface area contributed by atoms with Crippen molar-refractivity contribution < 1.29 is 0 Å². The highest BCUT2D eigenvalue weighted by Crippen LogP contribution is 2.30. The van der Waals surface area contributed by atoms with Crippen molar-refractivity contribution in [3.8, 4) is 0 Å². The van der Waals surface area contributed by atoms with E-state index in [9.17, 15) is 0 Å². The van der Waals surface area contributed by atoms with Crippen LogP contribution in [0.15, 0.2) is 24.3 Å². The van der Waals surface area contributed by atoms with Crippen LogP contribution in [0.3, 0.4) is 0 Å². The van der Waals surface area contributed by atoms with Crippen molar-refractivity contribution in [3.63, 3.8) is 0 Å². The maximum absolute atomic E-state index is 6.08. The third-order valence-electron chi connectivity index (χ3n) is 4.21. The summed E-state index contributed by atoms with van der Waals surface area (Å²) >= 11 is 6.08. The molecule has 0 heterocycles. The fourth-order valence-electron chi connectivity index (χ4n) is 3.05. The lowest BCUT2D eigenvalue weighted by atomic mass is 10.0. The van der Waals surface area contributed by atoms with Gasteiger partial charge >= 0.3 is 0 Å². The molecule has 1 N–H and O–H groups in total. The van der Waals surface area contributed by atoms with Crippen LogP contribution in [0, 0.1) is 5.92 Å². The largest absolute Gasteiger partial charge is 0.307 e. The molecule has 1 aromatic carbocycles. The van der Waals surface area contributed by atoms with Gasteiger partial charge in [-0.15, -0.1) is 0 Å². The summed E-state index contributed by atoms with van der Waals surface area (Å²) in [5.74, 6) is 0.930. The minimum absolute atomic E-state index is 0.448. The molecule has 1 aliphatic rings. The first-order chi connectivity index (χ1) is 8.72. The van der Waals surface area contributed by atoms with Gasteiger partial charge in [0.05, 0.1) is 0 Å². The fraction of sp³-hybridized carbons (Fsp3) is 0.625. The van der Waals surface area contributed by atoms with E-state index >= 15 is 0 Å². The molecule has 0 radical (unpaired) electrons. The van der Waals surface area contributed by atoms with Gasteiger partial charge in [0.2, 0.25) is 0 Å². The van der Waals surface area contributed by atoms with E-state index in [1.165, 1.54) is 31.2 Å². The monoisotopic (exact) mass is 265 g/mol. The second-order valence-corrected chi connectivity index (χ2v) is 5.90. The van der Waals surface area contributed by atoms with E-state index in [0.29, 0.717) is 12.1 Å². The zero-order chi connectivity index (χ0) is 13.0. The Morgan fingerprint density at radius 1 is 1.33 bits per heavy atom. The maximum Gasteiger partial charge on any atom is 0.0409 e. The highest BCUT2D eigenvalue weighted by atomic mass is 35.5. The number of hydrogen-bond donors (Lipinski definition) is 1. The quantitative estimate of drug-likeness (QED) is 0.793. The van der Waals surface area contributed by atoms with Crippen molar-refractivity contribution in [1.29, 1.82) is 0 Å². The first kappa shape index (κ1) is 13.9. The summed E-state index contributed by atoms with van der Waals surface area (Å²) < 4.78 is 0. The Morgan fingerprint density at radius 2 is 2.17 bits per heavy atom. The van der Waals surface area contributed by atoms with Crippen molar-refractivity contribution in [3.05, 3.63) is 34.9 Å². The van der Waals surface area contributed by atoms with Gasteiger partial charge in [-0.2, -0.15) is 0 Å². The molecule has 1 aliphatic carbocycles. The number of rotatable bonds is 5. The van der Waals surface area contributed by atoms with Gasteiger partial charge in [0.25, 0.3) is 0 Å². The summed E-state index contributed by atoms with van der Waals surface area (Å²) in [6, 6.07) is 9.41. The minimum atomic E-state index is 0.448. The van der Waals surface area contributed by atoms with Crippen LogP contribution in [-0.2, 0) is 0 Å². The summed E-state index contributed by atoms with van der Waals surface area (Å²) in [6.45, 7) is 4.55. The highest BCUT2D eigenvalue weighted by molar-refractivity contribution is 6.30. The number of halogens is 1. The molecule has 1 fully saturated rings. The second-order valence-electron chi connectivity index (χ2n) is 5.47. The van der Waals surface area contributed by atoms with E-state index < -0.39 is 0 Å². The van der Waals surface area contributed by atoms with Crippen LogP contribution in [0.25, 0.3) is 0 Å². The first-order valence-corrected chi connectivity index (χ1v) is 7.62. The molecule has 0 aliphatic heterocycles. The lowest BCUT2D eigenvalue weighted by molar-refractivity contribution is 0.414. The van der Waals surface area contributed by atoms with Gasteiger partial charge in [0, 0.05) is 17.1 Å². The van der Waals surface area contributed by atoms with Crippen molar-refractivity contribution in [2.45, 2.75) is 58.0 Å². The Balaban J connectivity index is 1.97. The average Bonchev–Trinajstić information content (AvgIpc) is 2.83. The van der Waals surface area contributed by atoms with E-state index in [1.54, 1.807) is 0 Å². The summed E-state index contributed by atoms with van der Waals surface area (Å²) in [5.41, 5.74) is 1.32. The zero-order valence-electron chi connectivity index (χ0n) is 11.5. The standard InChI is InChI=1S/C16H24ClN/c1-3-12-8-9-15(10-12)18-16(4-2)13-6-5-7-14(17)11-13/h5-7,11-12,15-16,18H,3-4,8-10H2,1-2H3. The molecule has 0 aromatic heterocycles.